The predicted octanol–water partition coefficient (Wildman–Crippen LogP) is 3.87. The SMILES string of the molecule is O=C(Nc1cc(F)c(I)c(F)c1)c1ccnc(Cl)c1. The molecule has 1 N–H and O–H groups in total. The Morgan fingerprint density at radius 3 is 2.47 bits per heavy atom. The third-order valence-electron chi connectivity index (χ3n) is 2.23. The number of carbonyl (C=O) groups is 1. The van der Waals surface area contributed by atoms with Crippen molar-refractivity contribution in [3.05, 3.63) is 56.4 Å². The van der Waals surface area contributed by atoms with Crippen molar-refractivity contribution < 1.29 is 13.6 Å². The summed E-state index contributed by atoms with van der Waals surface area (Å²) in [6, 6.07) is 4.90. The topological polar surface area (TPSA) is 42.0 Å². The number of nitrogens with zero attached hydrogens (tertiary/aromatic N) is 1. The molecule has 0 fully saturated rings. The molecule has 0 atom stereocenters. The Labute approximate surface area is 126 Å². The van der Waals surface area contributed by atoms with E-state index in [0.29, 0.717) is 0 Å². The van der Waals surface area contributed by atoms with Gasteiger partial charge in [0.1, 0.15) is 16.8 Å². The number of aromatic nitrogens is 1. The Morgan fingerprint density at radius 2 is 1.89 bits per heavy atom. The van der Waals surface area contributed by atoms with Gasteiger partial charge in [-0.15, -0.1) is 0 Å². The maximum Gasteiger partial charge on any atom is 0.255 e. The highest BCUT2D eigenvalue weighted by atomic mass is 127. The Balaban J connectivity index is 2.24. The summed E-state index contributed by atoms with van der Waals surface area (Å²) in [5.41, 5.74) is 0.285. The molecule has 0 bridgehead atoms. The lowest BCUT2D eigenvalue weighted by Gasteiger charge is -2.07. The van der Waals surface area contributed by atoms with E-state index in [2.05, 4.69) is 10.3 Å². The number of hydrogen-bond donors (Lipinski definition) is 1. The summed E-state index contributed by atoms with van der Waals surface area (Å²) in [4.78, 5) is 15.6. The second-order valence-electron chi connectivity index (χ2n) is 3.58. The molecule has 3 nitrogen and oxygen atoms in total. The van der Waals surface area contributed by atoms with E-state index in [1.54, 1.807) is 22.6 Å². The van der Waals surface area contributed by atoms with Crippen LogP contribution >= 0.6 is 34.2 Å². The van der Waals surface area contributed by atoms with Gasteiger partial charge >= 0.3 is 0 Å². The van der Waals surface area contributed by atoms with E-state index in [1.807, 2.05) is 0 Å². The standard InChI is InChI=1S/C12H6ClF2IN2O/c13-10-3-6(1-2-17-10)12(19)18-7-4-8(14)11(16)9(15)5-7/h1-5H,(H,18,19). The van der Waals surface area contributed by atoms with Crippen molar-refractivity contribution in [1.29, 1.82) is 0 Å². The van der Waals surface area contributed by atoms with E-state index in [1.165, 1.54) is 18.3 Å². The quantitative estimate of drug-likeness (QED) is 0.477. The minimum absolute atomic E-state index is 0.0355. The molecule has 1 amide bonds. The first kappa shape index (κ1) is 14.1. The molecule has 0 unspecified atom stereocenters. The van der Waals surface area contributed by atoms with Gasteiger partial charge in [0.25, 0.3) is 5.91 Å². The van der Waals surface area contributed by atoms with Gasteiger partial charge in [0.15, 0.2) is 0 Å². The number of halogens is 4. The van der Waals surface area contributed by atoms with Crippen molar-refractivity contribution in [3.63, 3.8) is 0 Å². The average Bonchev–Trinajstić information content (AvgIpc) is 2.36. The highest BCUT2D eigenvalue weighted by Crippen LogP contribution is 2.21. The van der Waals surface area contributed by atoms with Crippen LogP contribution in [0.2, 0.25) is 5.15 Å². The summed E-state index contributed by atoms with van der Waals surface area (Å²) in [6.07, 6.45) is 1.37. The van der Waals surface area contributed by atoms with Crippen LogP contribution in [-0.2, 0) is 0 Å². The van der Waals surface area contributed by atoms with E-state index < -0.39 is 17.5 Å². The Morgan fingerprint density at radius 1 is 1.26 bits per heavy atom. The zero-order valence-corrected chi connectivity index (χ0v) is 12.2. The van der Waals surface area contributed by atoms with E-state index >= 15 is 0 Å². The van der Waals surface area contributed by atoms with Crippen LogP contribution < -0.4 is 5.32 Å². The molecule has 98 valence electrons. The Bertz CT molecular complexity index is 628. The minimum atomic E-state index is -0.733. The number of anilines is 1. The molecule has 0 spiro atoms. The van der Waals surface area contributed by atoms with Crippen LogP contribution in [0.5, 0.6) is 0 Å². The van der Waals surface area contributed by atoms with Crippen molar-refractivity contribution in [1.82, 2.24) is 4.98 Å². The molecule has 2 rings (SSSR count). The molecular weight excluding hydrogens is 388 g/mol. The van der Waals surface area contributed by atoms with Gasteiger partial charge in [-0.05, 0) is 46.9 Å². The molecule has 0 radical (unpaired) electrons. The van der Waals surface area contributed by atoms with Crippen molar-refractivity contribution in [2.24, 2.45) is 0 Å². The van der Waals surface area contributed by atoms with Crippen LogP contribution in [0.4, 0.5) is 14.5 Å². The third kappa shape index (κ3) is 3.38. The number of nitrogens with one attached hydrogen (secondary N) is 1. The highest BCUT2D eigenvalue weighted by molar-refractivity contribution is 14.1. The molecule has 0 saturated heterocycles. The van der Waals surface area contributed by atoms with Crippen LogP contribution in [-0.4, -0.2) is 10.9 Å². The lowest BCUT2D eigenvalue weighted by Crippen LogP contribution is -2.12. The fourth-order valence-corrected chi connectivity index (χ4v) is 1.86. The number of carbonyl (C=O) groups excluding carboxylic acids is 1. The molecule has 0 aliphatic rings. The van der Waals surface area contributed by atoms with Gasteiger partial charge in [-0.2, -0.15) is 0 Å². The summed E-state index contributed by atoms with van der Waals surface area (Å²) >= 11 is 7.20. The van der Waals surface area contributed by atoms with E-state index in [9.17, 15) is 13.6 Å². The Hall–Kier alpha value is -1.28. The van der Waals surface area contributed by atoms with E-state index in [0.717, 1.165) is 12.1 Å². The molecule has 0 aliphatic heterocycles. The van der Waals surface area contributed by atoms with Gasteiger partial charge in [0, 0.05) is 17.4 Å². The van der Waals surface area contributed by atoms with Crippen molar-refractivity contribution in [2.45, 2.75) is 0 Å². The monoisotopic (exact) mass is 394 g/mol. The summed E-state index contributed by atoms with van der Waals surface area (Å²) in [7, 11) is 0. The molecule has 19 heavy (non-hydrogen) atoms. The second-order valence-corrected chi connectivity index (χ2v) is 5.04. The lowest BCUT2D eigenvalue weighted by molar-refractivity contribution is 0.102. The Kier molecular flexibility index (Phi) is 4.31. The molecule has 1 aromatic heterocycles. The molecule has 0 saturated carbocycles. The smallest absolute Gasteiger partial charge is 0.255 e. The number of hydrogen-bond acceptors (Lipinski definition) is 2. The van der Waals surface area contributed by atoms with Crippen molar-refractivity contribution in [3.8, 4) is 0 Å². The normalized spacial score (nSPS) is 10.3. The first-order valence-corrected chi connectivity index (χ1v) is 6.50. The van der Waals surface area contributed by atoms with Gasteiger partial charge < -0.3 is 5.32 Å². The highest BCUT2D eigenvalue weighted by Gasteiger charge is 2.11. The van der Waals surface area contributed by atoms with Gasteiger partial charge in [-0.3, -0.25) is 4.79 Å². The maximum absolute atomic E-state index is 13.3. The largest absolute Gasteiger partial charge is 0.322 e. The number of benzene rings is 1. The zero-order valence-electron chi connectivity index (χ0n) is 9.25. The van der Waals surface area contributed by atoms with Crippen LogP contribution in [0.15, 0.2) is 30.5 Å². The first-order chi connectivity index (χ1) is 8.97. The molecule has 1 heterocycles. The molecule has 0 aliphatic carbocycles. The third-order valence-corrected chi connectivity index (χ3v) is 3.47. The first-order valence-electron chi connectivity index (χ1n) is 5.05. The van der Waals surface area contributed by atoms with Crippen LogP contribution in [0.25, 0.3) is 0 Å². The van der Waals surface area contributed by atoms with Crippen LogP contribution in [0, 0.1) is 15.2 Å². The maximum atomic E-state index is 13.3. The van der Waals surface area contributed by atoms with Gasteiger partial charge in [0.2, 0.25) is 0 Å². The zero-order chi connectivity index (χ0) is 14.0. The van der Waals surface area contributed by atoms with Crippen LogP contribution in [0.1, 0.15) is 10.4 Å². The minimum Gasteiger partial charge on any atom is -0.322 e. The number of amides is 1. The number of pyridine rings is 1. The molecule has 1 aromatic carbocycles. The second kappa shape index (κ2) is 5.79. The van der Waals surface area contributed by atoms with Gasteiger partial charge in [0.05, 0.1) is 3.57 Å². The average molecular weight is 395 g/mol. The summed E-state index contributed by atoms with van der Waals surface area (Å²) in [5.74, 6) is -1.99. The van der Waals surface area contributed by atoms with Gasteiger partial charge in [-0.1, -0.05) is 11.6 Å². The lowest BCUT2D eigenvalue weighted by atomic mass is 10.2. The molecule has 7 heteroatoms. The van der Waals surface area contributed by atoms with Crippen molar-refractivity contribution in [2.75, 3.05) is 5.32 Å². The molecular formula is C12H6ClF2IN2O. The summed E-state index contributed by atoms with van der Waals surface area (Å²) < 4.78 is 26.5. The fourth-order valence-electron chi connectivity index (χ4n) is 1.37. The summed E-state index contributed by atoms with van der Waals surface area (Å²) in [6.45, 7) is 0. The summed E-state index contributed by atoms with van der Waals surface area (Å²) in [5, 5.41) is 2.55. The van der Waals surface area contributed by atoms with Crippen molar-refractivity contribution >= 4 is 45.8 Å². The predicted molar refractivity (Wildman–Crippen MR) is 76.3 cm³/mol. The van der Waals surface area contributed by atoms with Gasteiger partial charge in [-0.25, -0.2) is 13.8 Å². The van der Waals surface area contributed by atoms with E-state index in [-0.39, 0.29) is 20.0 Å². The van der Waals surface area contributed by atoms with E-state index in [4.69, 9.17) is 11.6 Å². The number of rotatable bonds is 2. The molecule has 2 aromatic rings. The van der Waals surface area contributed by atoms with Crippen LogP contribution in [0.3, 0.4) is 0 Å². The fraction of sp³-hybridized carbons (Fsp3) is 0.